The molecule has 0 aromatic heterocycles. The number of fused-ring (bicyclic) bond motifs is 1. The molecule has 0 bridgehead atoms. The fraction of sp³-hybridized carbons (Fsp3) is 0.269. The number of ether oxygens (including phenoxy) is 2. The topological polar surface area (TPSA) is 88.2 Å². The fourth-order valence-electron chi connectivity index (χ4n) is 4.54. The molecule has 2 heterocycles. The minimum atomic E-state index is -3.75. The van der Waals surface area contributed by atoms with Crippen LogP contribution in [0.4, 0.5) is 5.69 Å². The van der Waals surface area contributed by atoms with Gasteiger partial charge in [-0.2, -0.15) is 4.31 Å². The standard InChI is InChI=1S/C26H25Cl2N3O5S/c27-19-14-20(28)16-21(15-19)29-26(32)25(18-4-2-1-3-5-18)30-8-10-31(11-9-30)37(33,34)22-6-7-23-24(17-22)36-13-12-35-23/h1-7,14-17,25H,8-13H2,(H,29,32)/t25-/m0/s1. The maximum atomic E-state index is 13.5. The minimum Gasteiger partial charge on any atom is -0.486 e. The van der Waals surface area contributed by atoms with E-state index >= 15 is 0 Å². The fourth-order valence-corrected chi connectivity index (χ4v) is 6.50. The third-order valence-electron chi connectivity index (χ3n) is 6.28. The van der Waals surface area contributed by atoms with Crippen LogP contribution >= 0.6 is 23.2 Å². The Bertz CT molecular complexity index is 1380. The van der Waals surface area contributed by atoms with Crippen molar-refractivity contribution in [1.29, 1.82) is 0 Å². The molecule has 5 rings (SSSR count). The predicted octanol–water partition coefficient (Wildman–Crippen LogP) is 4.45. The summed E-state index contributed by atoms with van der Waals surface area (Å²) in [5.41, 5.74) is 1.29. The van der Waals surface area contributed by atoms with Crippen molar-refractivity contribution in [3.63, 3.8) is 0 Å². The number of sulfonamides is 1. The molecule has 8 nitrogen and oxygen atoms in total. The van der Waals surface area contributed by atoms with Crippen LogP contribution in [0.15, 0.2) is 71.6 Å². The number of nitrogens with one attached hydrogen (secondary N) is 1. The van der Waals surface area contributed by atoms with Crippen LogP contribution in [0.25, 0.3) is 0 Å². The molecule has 194 valence electrons. The van der Waals surface area contributed by atoms with Gasteiger partial charge < -0.3 is 14.8 Å². The quantitative estimate of drug-likeness (QED) is 0.478. The summed E-state index contributed by atoms with van der Waals surface area (Å²) in [6.07, 6.45) is 0. The van der Waals surface area contributed by atoms with Gasteiger partial charge in [-0.05, 0) is 35.9 Å². The van der Waals surface area contributed by atoms with E-state index in [1.165, 1.54) is 16.4 Å². The number of anilines is 1. The van der Waals surface area contributed by atoms with Crippen LogP contribution in [-0.2, 0) is 14.8 Å². The number of benzene rings is 3. The molecule has 0 saturated carbocycles. The number of halogens is 2. The molecular weight excluding hydrogens is 537 g/mol. The third kappa shape index (κ3) is 5.71. The van der Waals surface area contributed by atoms with Crippen molar-refractivity contribution >= 4 is 44.8 Å². The van der Waals surface area contributed by atoms with Crippen molar-refractivity contribution in [3.05, 3.63) is 82.3 Å². The van der Waals surface area contributed by atoms with Crippen molar-refractivity contribution in [2.45, 2.75) is 10.9 Å². The molecule has 1 fully saturated rings. The second-order valence-electron chi connectivity index (χ2n) is 8.71. The van der Waals surface area contributed by atoms with Crippen molar-refractivity contribution < 1.29 is 22.7 Å². The second kappa shape index (κ2) is 10.9. The highest BCUT2D eigenvalue weighted by atomic mass is 35.5. The van der Waals surface area contributed by atoms with Crippen molar-refractivity contribution in [3.8, 4) is 11.5 Å². The molecule has 0 spiro atoms. The summed E-state index contributed by atoms with van der Waals surface area (Å²) >= 11 is 12.2. The highest BCUT2D eigenvalue weighted by molar-refractivity contribution is 7.89. The molecule has 37 heavy (non-hydrogen) atoms. The lowest BCUT2D eigenvalue weighted by molar-refractivity contribution is -0.122. The third-order valence-corrected chi connectivity index (χ3v) is 8.61. The number of nitrogens with zero attached hydrogens (tertiary/aromatic N) is 2. The van der Waals surface area contributed by atoms with Crippen LogP contribution in [0.1, 0.15) is 11.6 Å². The highest BCUT2D eigenvalue weighted by Crippen LogP contribution is 2.34. The Hall–Kier alpha value is -2.82. The van der Waals surface area contributed by atoms with Gasteiger partial charge in [-0.15, -0.1) is 0 Å². The predicted molar refractivity (Wildman–Crippen MR) is 142 cm³/mol. The number of carbonyl (C=O) groups is 1. The summed E-state index contributed by atoms with van der Waals surface area (Å²) in [5.74, 6) is 0.702. The molecule has 1 amide bonds. The van der Waals surface area contributed by atoms with E-state index in [1.54, 1.807) is 24.3 Å². The summed E-state index contributed by atoms with van der Waals surface area (Å²) in [5, 5.41) is 3.74. The van der Waals surface area contributed by atoms with E-state index in [4.69, 9.17) is 32.7 Å². The van der Waals surface area contributed by atoms with Gasteiger partial charge in [-0.1, -0.05) is 53.5 Å². The van der Waals surface area contributed by atoms with Crippen molar-refractivity contribution in [2.24, 2.45) is 0 Å². The zero-order chi connectivity index (χ0) is 26.0. The smallest absolute Gasteiger partial charge is 0.246 e. The number of hydrogen-bond donors (Lipinski definition) is 1. The van der Waals surface area contributed by atoms with E-state index in [1.807, 2.05) is 35.2 Å². The van der Waals surface area contributed by atoms with Crippen molar-refractivity contribution in [1.82, 2.24) is 9.21 Å². The van der Waals surface area contributed by atoms with Gasteiger partial charge in [0.2, 0.25) is 15.9 Å². The normalized spacial score (nSPS) is 17.2. The summed E-state index contributed by atoms with van der Waals surface area (Å²) in [7, 11) is -3.75. The minimum absolute atomic E-state index is 0.153. The van der Waals surface area contributed by atoms with Crippen LogP contribution in [-0.4, -0.2) is 62.9 Å². The van der Waals surface area contributed by atoms with Gasteiger partial charge in [0.15, 0.2) is 11.5 Å². The molecular formula is C26H25Cl2N3O5S. The molecule has 0 unspecified atom stereocenters. The Morgan fingerprint density at radius 2 is 1.49 bits per heavy atom. The number of rotatable bonds is 6. The molecule has 1 atom stereocenters. The zero-order valence-corrected chi connectivity index (χ0v) is 22.1. The monoisotopic (exact) mass is 561 g/mol. The van der Waals surface area contributed by atoms with Gasteiger partial charge in [0.25, 0.3) is 0 Å². The molecule has 11 heteroatoms. The van der Waals surface area contributed by atoms with Gasteiger partial charge in [-0.3, -0.25) is 9.69 Å². The average molecular weight is 562 g/mol. The Morgan fingerprint density at radius 1 is 0.838 bits per heavy atom. The number of hydrogen-bond acceptors (Lipinski definition) is 6. The first kappa shape index (κ1) is 25.8. The first-order chi connectivity index (χ1) is 17.8. The number of piperazine rings is 1. The van der Waals surface area contributed by atoms with Crippen LogP contribution in [0, 0.1) is 0 Å². The summed E-state index contributed by atoms with van der Waals surface area (Å²) in [4.78, 5) is 15.6. The summed E-state index contributed by atoms with van der Waals surface area (Å²) in [6, 6.07) is 18.3. The van der Waals surface area contributed by atoms with Crippen LogP contribution in [0.2, 0.25) is 10.0 Å². The van der Waals surface area contributed by atoms with Crippen LogP contribution in [0.3, 0.4) is 0 Å². The van der Waals surface area contributed by atoms with Gasteiger partial charge in [-0.25, -0.2) is 8.42 Å². The Labute approximate surface area is 225 Å². The summed E-state index contributed by atoms with van der Waals surface area (Å²) < 4.78 is 39.2. The number of amides is 1. The molecule has 0 aliphatic carbocycles. The maximum absolute atomic E-state index is 13.5. The molecule has 1 N–H and O–H groups in total. The van der Waals surface area contributed by atoms with E-state index in [9.17, 15) is 13.2 Å². The van der Waals surface area contributed by atoms with Crippen LogP contribution in [0.5, 0.6) is 11.5 Å². The number of carbonyl (C=O) groups excluding carboxylic acids is 1. The Balaban J connectivity index is 1.33. The molecule has 0 radical (unpaired) electrons. The van der Waals surface area contributed by atoms with Gasteiger partial charge in [0.05, 0.1) is 4.90 Å². The van der Waals surface area contributed by atoms with E-state index < -0.39 is 16.1 Å². The molecule has 2 aliphatic rings. The van der Waals surface area contributed by atoms with Gasteiger partial charge >= 0.3 is 0 Å². The molecule has 3 aromatic carbocycles. The van der Waals surface area contributed by atoms with Gasteiger partial charge in [0.1, 0.15) is 19.3 Å². The first-order valence-corrected chi connectivity index (χ1v) is 14.0. The van der Waals surface area contributed by atoms with E-state index in [2.05, 4.69) is 5.32 Å². The highest BCUT2D eigenvalue weighted by Gasteiger charge is 2.35. The van der Waals surface area contributed by atoms with Crippen molar-refractivity contribution in [2.75, 3.05) is 44.7 Å². The lowest BCUT2D eigenvalue weighted by Gasteiger charge is -2.38. The SMILES string of the molecule is O=C(Nc1cc(Cl)cc(Cl)c1)[C@H](c1ccccc1)N1CCN(S(=O)(=O)c2ccc3c(c2)OCCO3)CC1. The average Bonchev–Trinajstić information content (AvgIpc) is 2.89. The van der Waals surface area contributed by atoms with Crippen LogP contribution < -0.4 is 14.8 Å². The largest absolute Gasteiger partial charge is 0.486 e. The molecule has 3 aromatic rings. The zero-order valence-electron chi connectivity index (χ0n) is 19.8. The van der Waals surface area contributed by atoms with E-state index in [0.29, 0.717) is 53.5 Å². The Kier molecular flexibility index (Phi) is 7.60. The van der Waals surface area contributed by atoms with E-state index in [0.717, 1.165) is 5.56 Å². The van der Waals surface area contributed by atoms with Gasteiger partial charge in [0, 0.05) is 48.0 Å². The lowest BCUT2D eigenvalue weighted by Crippen LogP contribution is -2.51. The Morgan fingerprint density at radius 3 is 2.16 bits per heavy atom. The van der Waals surface area contributed by atoms with E-state index in [-0.39, 0.29) is 23.9 Å². The first-order valence-electron chi connectivity index (χ1n) is 11.8. The molecule has 2 aliphatic heterocycles. The second-order valence-corrected chi connectivity index (χ2v) is 11.5. The maximum Gasteiger partial charge on any atom is 0.246 e. The lowest BCUT2D eigenvalue weighted by atomic mass is 10.0. The summed E-state index contributed by atoms with van der Waals surface area (Å²) in [6.45, 7) is 2.01. The molecule has 1 saturated heterocycles.